The van der Waals surface area contributed by atoms with E-state index in [2.05, 4.69) is 32.9 Å². The van der Waals surface area contributed by atoms with Crippen LogP contribution >= 0.6 is 22.9 Å². The molecule has 1 N–H and O–H groups in total. The van der Waals surface area contributed by atoms with Crippen LogP contribution in [-0.2, 0) is 13.6 Å². The van der Waals surface area contributed by atoms with Gasteiger partial charge in [-0.05, 0) is 12.1 Å². The third kappa shape index (κ3) is 2.84. The summed E-state index contributed by atoms with van der Waals surface area (Å²) in [6.45, 7) is 3.95. The molecule has 4 nitrogen and oxygen atoms in total. The zero-order chi connectivity index (χ0) is 13.2. The fraction of sp³-hybridized carbons (Fsp3) is 0.462. The van der Waals surface area contributed by atoms with E-state index in [0.29, 0.717) is 6.04 Å². The number of hydrogen-bond acceptors (Lipinski definition) is 4. The van der Waals surface area contributed by atoms with Gasteiger partial charge in [0.05, 0.1) is 10.4 Å². The maximum Gasteiger partial charge on any atom is 0.127 e. The molecule has 0 saturated carbocycles. The highest BCUT2D eigenvalue weighted by Crippen LogP contribution is 2.27. The average molecular weight is 297 g/mol. The predicted octanol–water partition coefficient (Wildman–Crippen LogP) is 2.28. The van der Waals surface area contributed by atoms with Gasteiger partial charge in [0.15, 0.2) is 0 Å². The normalized spacial score (nSPS) is 20.8. The van der Waals surface area contributed by atoms with Crippen LogP contribution in [0.15, 0.2) is 24.5 Å². The Morgan fingerprint density at radius 3 is 3.11 bits per heavy atom. The van der Waals surface area contributed by atoms with E-state index in [1.54, 1.807) is 11.3 Å². The molecule has 2 aromatic rings. The first kappa shape index (κ1) is 13.1. The number of nitrogens with zero attached hydrogens (tertiary/aromatic N) is 3. The van der Waals surface area contributed by atoms with Gasteiger partial charge in [-0.25, -0.2) is 4.98 Å². The third-order valence-electron chi connectivity index (χ3n) is 3.50. The molecule has 3 heterocycles. The molecule has 1 fully saturated rings. The second-order valence-corrected chi connectivity index (χ2v) is 6.59. The first-order chi connectivity index (χ1) is 9.24. The maximum atomic E-state index is 6.01. The Hall–Kier alpha value is -0.880. The van der Waals surface area contributed by atoms with Crippen LogP contribution in [-0.4, -0.2) is 34.1 Å². The molecule has 0 radical (unpaired) electrons. The van der Waals surface area contributed by atoms with Crippen molar-refractivity contribution in [1.29, 1.82) is 0 Å². The monoisotopic (exact) mass is 296 g/mol. The van der Waals surface area contributed by atoms with Crippen molar-refractivity contribution in [2.24, 2.45) is 7.05 Å². The highest BCUT2D eigenvalue weighted by molar-refractivity contribution is 7.16. The average Bonchev–Trinajstić information content (AvgIpc) is 2.99. The summed E-state index contributed by atoms with van der Waals surface area (Å²) >= 11 is 7.67. The topological polar surface area (TPSA) is 33.1 Å². The van der Waals surface area contributed by atoms with Gasteiger partial charge in [-0.3, -0.25) is 4.90 Å². The number of halogens is 1. The minimum absolute atomic E-state index is 0.328. The lowest BCUT2D eigenvalue weighted by Gasteiger charge is -2.35. The second kappa shape index (κ2) is 5.63. The summed E-state index contributed by atoms with van der Waals surface area (Å²) in [7, 11) is 2.05. The highest BCUT2D eigenvalue weighted by atomic mass is 35.5. The Morgan fingerprint density at radius 2 is 2.42 bits per heavy atom. The van der Waals surface area contributed by atoms with E-state index in [4.69, 9.17) is 11.6 Å². The van der Waals surface area contributed by atoms with E-state index in [-0.39, 0.29) is 0 Å². The summed E-state index contributed by atoms with van der Waals surface area (Å²) in [6.07, 6.45) is 3.87. The van der Waals surface area contributed by atoms with E-state index in [1.807, 2.05) is 18.5 Å². The van der Waals surface area contributed by atoms with Gasteiger partial charge in [0.2, 0.25) is 0 Å². The SMILES string of the molecule is Cn1ccnc1C1CNCCN1Cc1ccc(Cl)s1. The van der Waals surface area contributed by atoms with Crippen LogP contribution in [0.5, 0.6) is 0 Å². The van der Waals surface area contributed by atoms with Crippen molar-refractivity contribution in [3.63, 3.8) is 0 Å². The van der Waals surface area contributed by atoms with Crippen LogP contribution in [0.1, 0.15) is 16.7 Å². The van der Waals surface area contributed by atoms with Gasteiger partial charge >= 0.3 is 0 Å². The Labute approximate surface area is 122 Å². The molecule has 3 rings (SSSR count). The molecule has 0 bridgehead atoms. The summed E-state index contributed by atoms with van der Waals surface area (Å²) in [4.78, 5) is 8.28. The van der Waals surface area contributed by atoms with Crippen molar-refractivity contribution in [3.8, 4) is 0 Å². The van der Waals surface area contributed by atoms with Crippen molar-refractivity contribution >= 4 is 22.9 Å². The lowest BCUT2D eigenvalue weighted by Crippen LogP contribution is -2.46. The van der Waals surface area contributed by atoms with E-state index in [0.717, 1.165) is 36.3 Å². The van der Waals surface area contributed by atoms with Gasteiger partial charge in [-0.1, -0.05) is 11.6 Å². The van der Waals surface area contributed by atoms with Gasteiger partial charge in [0.1, 0.15) is 5.82 Å². The summed E-state index contributed by atoms with van der Waals surface area (Å²) in [5.41, 5.74) is 0. The fourth-order valence-electron chi connectivity index (χ4n) is 2.53. The lowest BCUT2D eigenvalue weighted by atomic mass is 10.1. The molecule has 0 amide bonds. The van der Waals surface area contributed by atoms with E-state index < -0.39 is 0 Å². The van der Waals surface area contributed by atoms with Crippen LogP contribution in [0.2, 0.25) is 4.34 Å². The number of aromatic nitrogens is 2. The fourth-order valence-corrected chi connectivity index (χ4v) is 3.64. The molecule has 0 aliphatic carbocycles. The Morgan fingerprint density at radius 1 is 1.53 bits per heavy atom. The van der Waals surface area contributed by atoms with E-state index >= 15 is 0 Å². The van der Waals surface area contributed by atoms with Gasteiger partial charge in [0, 0.05) is 50.5 Å². The third-order valence-corrected chi connectivity index (χ3v) is 4.71. The number of rotatable bonds is 3. The number of nitrogens with one attached hydrogen (secondary N) is 1. The zero-order valence-electron chi connectivity index (χ0n) is 10.8. The van der Waals surface area contributed by atoms with Gasteiger partial charge < -0.3 is 9.88 Å². The highest BCUT2D eigenvalue weighted by Gasteiger charge is 2.26. The van der Waals surface area contributed by atoms with Crippen molar-refractivity contribution in [1.82, 2.24) is 19.8 Å². The number of hydrogen-bond donors (Lipinski definition) is 1. The molecule has 2 aromatic heterocycles. The Kier molecular flexibility index (Phi) is 3.88. The molecule has 0 spiro atoms. The van der Waals surface area contributed by atoms with Crippen LogP contribution in [0, 0.1) is 0 Å². The van der Waals surface area contributed by atoms with Gasteiger partial charge in [-0.15, -0.1) is 11.3 Å². The van der Waals surface area contributed by atoms with Crippen LogP contribution < -0.4 is 5.32 Å². The molecule has 1 aliphatic heterocycles. The van der Waals surface area contributed by atoms with Gasteiger partial charge in [0.25, 0.3) is 0 Å². The molecule has 1 unspecified atom stereocenters. The minimum atomic E-state index is 0.328. The summed E-state index contributed by atoms with van der Waals surface area (Å²) in [5, 5.41) is 3.45. The smallest absolute Gasteiger partial charge is 0.127 e. The molecule has 0 aromatic carbocycles. The van der Waals surface area contributed by atoms with E-state index in [1.165, 1.54) is 4.88 Å². The Bertz CT molecular complexity index is 550. The summed E-state index contributed by atoms with van der Waals surface area (Å²) in [5.74, 6) is 1.12. The summed E-state index contributed by atoms with van der Waals surface area (Å²) in [6, 6.07) is 4.42. The van der Waals surface area contributed by atoms with Crippen LogP contribution in [0.4, 0.5) is 0 Å². The van der Waals surface area contributed by atoms with Crippen molar-refractivity contribution in [3.05, 3.63) is 39.6 Å². The molecule has 1 saturated heterocycles. The number of imidazole rings is 1. The maximum absolute atomic E-state index is 6.01. The number of thiophene rings is 1. The quantitative estimate of drug-likeness (QED) is 0.943. The molecular formula is C13H17ClN4S. The molecule has 6 heteroatoms. The molecule has 1 atom stereocenters. The second-order valence-electron chi connectivity index (χ2n) is 4.79. The predicted molar refractivity (Wildman–Crippen MR) is 78.6 cm³/mol. The molecular weight excluding hydrogens is 280 g/mol. The van der Waals surface area contributed by atoms with Gasteiger partial charge in [-0.2, -0.15) is 0 Å². The minimum Gasteiger partial charge on any atom is -0.337 e. The number of aryl methyl sites for hydroxylation is 1. The standard InChI is InChI=1S/C13H17ClN4S/c1-17-6-5-16-13(17)11-8-15-4-7-18(11)9-10-2-3-12(14)19-10/h2-3,5-6,11,15H,4,7-9H2,1H3. The van der Waals surface area contributed by atoms with Crippen molar-refractivity contribution in [2.75, 3.05) is 19.6 Å². The summed E-state index contributed by atoms with van der Waals surface area (Å²) < 4.78 is 2.96. The van der Waals surface area contributed by atoms with Crippen molar-refractivity contribution < 1.29 is 0 Å². The lowest BCUT2D eigenvalue weighted by molar-refractivity contribution is 0.146. The number of piperazine rings is 1. The van der Waals surface area contributed by atoms with Crippen LogP contribution in [0.25, 0.3) is 0 Å². The van der Waals surface area contributed by atoms with Crippen molar-refractivity contribution in [2.45, 2.75) is 12.6 Å². The van der Waals surface area contributed by atoms with Crippen LogP contribution in [0.3, 0.4) is 0 Å². The molecule has 19 heavy (non-hydrogen) atoms. The van der Waals surface area contributed by atoms with E-state index in [9.17, 15) is 0 Å². The molecule has 102 valence electrons. The first-order valence-corrected chi connectivity index (χ1v) is 7.59. The first-order valence-electron chi connectivity index (χ1n) is 6.40. The Balaban J connectivity index is 1.79. The molecule has 1 aliphatic rings. The zero-order valence-corrected chi connectivity index (χ0v) is 12.4. The largest absolute Gasteiger partial charge is 0.337 e.